The Morgan fingerprint density at radius 3 is 2.62 bits per heavy atom. The van der Waals surface area contributed by atoms with E-state index in [2.05, 4.69) is 22.7 Å². The lowest BCUT2D eigenvalue weighted by Crippen LogP contribution is -2.53. The molecule has 1 aliphatic carbocycles. The van der Waals surface area contributed by atoms with Crippen LogP contribution in [-0.2, 0) is 14.4 Å². The minimum atomic E-state index is -0.711. The predicted molar refractivity (Wildman–Crippen MR) is 145 cm³/mol. The van der Waals surface area contributed by atoms with E-state index in [0.717, 1.165) is 60.9 Å². The molecule has 1 atom stereocenters. The van der Waals surface area contributed by atoms with Crippen molar-refractivity contribution in [2.45, 2.75) is 57.5 Å². The summed E-state index contributed by atoms with van der Waals surface area (Å²) in [6, 6.07) is 8.89. The highest BCUT2D eigenvalue weighted by Crippen LogP contribution is 2.47. The summed E-state index contributed by atoms with van der Waals surface area (Å²) in [6.07, 6.45) is 8.06. The molecular formula is C29H30N6O4. The Hall–Kier alpha value is -4.21. The summed E-state index contributed by atoms with van der Waals surface area (Å²) in [7, 11) is 0. The van der Waals surface area contributed by atoms with E-state index in [4.69, 9.17) is 0 Å². The molecule has 1 unspecified atom stereocenters. The third-order valence-corrected chi connectivity index (χ3v) is 8.77. The van der Waals surface area contributed by atoms with Gasteiger partial charge in [0.05, 0.1) is 23.6 Å². The van der Waals surface area contributed by atoms with Gasteiger partial charge >= 0.3 is 0 Å². The number of nitrogens with zero attached hydrogens (tertiary/aromatic N) is 4. The van der Waals surface area contributed by atoms with Crippen molar-refractivity contribution in [3.8, 4) is 0 Å². The number of likely N-dealkylation sites (tertiary alicyclic amines) is 1. The zero-order valence-corrected chi connectivity index (χ0v) is 21.8. The van der Waals surface area contributed by atoms with Gasteiger partial charge in [-0.15, -0.1) is 0 Å². The van der Waals surface area contributed by atoms with Gasteiger partial charge in [0, 0.05) is 53.1 Å². The van der Waals surface area contributed by atoms with E-state index in [1.165, 1.54) is 4.90 Å². The normalized spacial score (nSPS) is 22.4. The molecule has 1 saturated carbocycles. The molecule has 39 heavy (non-hydrogen) atoms. The molecule has 7 rings (SSSR count). The number of hydrogen-bond donors (Lipinski definition) is 2. The molecule has 4 aliphatic rings. The average molecular weight is 527 g/mol. The van der Waals surface area contributed by atoms with Crippen LogP contribution in [0.1, 0.15) is 61.8 Å². The highest BCUT2D eigenvalue weighted by atomic mass is 16.2. The van der Waals surface area contributed by atoms with Gasteiger partial charge in [-0.05, 0) is 50.3 Å². The summed E-state index contributed by atoms with van der Waals surface area (Å²) in [5.74, 6) is -0.676. The third-order valence-electron chi connectivity index (χ3n) is 8.77. The number of anilines is 3. The van der Waals surface area contributed by atoms with E-state index < -0.39 is 11.9 Å². The van der Waals surface area contributed by atoms with Crippen molar-refractivity contribution in [1.82, 2.24) is 20.0 Å². The fourth-order valence-electron chi connectivity index (χ4n) is 6.23. The molecule has 4 heterocycles. The molecule has 0 spiro atoms. The Balaban J connectivity index is 1.10. The number of nitrogens with one attached hydrogen (secondary N) is 2. The molecule has 10 nitrogen and oxygen atoms in total. The second-order valence-electron chi connectivity index (χ2n) is 11.4. The van der Waals surface area contributed by atoms with Gasteiger partial charge in [-0.25, -0.2) is 0 Å². The molecule has 3 aliphatic heterocycles. The number of benzene rings is 2. The SMILES string of the molecule is CC1(C(=O)N2CCC(n3cc(Nc4ccc5c6c(cccc46)C(=O)N5C4CCC(=O)NC4=O)cn3)CC2)CC1. The van der Waals surface area contributed by atoms with Gasteiger partial charge in [-0.1, -0.05) is 19.1 Å². The molecule has 2 saturated heterocycles. The van der Waals surface area contributed by atoms with Crippen molar-refractivity contribution in [3.63, 3.8) is 0 Å². The van der Waals surface area contributed by atoms with Crippen LogP contribution in [0.5, 0.6) is 0 Å². The molecule has 3 fully saturated rings. The van der Waals surface area contributed by atoms with Gasteiger partial charge in [0.15, 0.2) is 0 Å². The molecule has 10 heteroatoms. The summed E-state index contributed by atoms with van der Waals surface area (Å²) in [5.41, 5.74) is 2.78. The molecule has 0 radical (unpaired) electrons. The maximum absolute atomic E-state index is 13.4. The van der Waals surface area contributed by atoms with Crippen LogP contribution in [0.25, 0.3) is 10.8 Å². The predicted octanol–water partition coefficient (Wildman–Crippen LogP) is 3.51. The summed E-state index contributed by atoms with van der Waals surface area (Å²) in [5, 5.41) is 12.1. The first kappa shape index (κ1) is 23.9. The van der Waals surface area contributed by atoms with E-state index in [-0.39, 0.29) is 29.7 Å². The maximum atomic E-state index is 13.4. The lowest BCUT2D eigenvalue weighted by Gasteiger charge is -2.33. The number of hydrogen-bond acceptors (Lipinski definition) is 6. The second-order valence-corrected chi connectivity index (χ2v) is 11.4. The lowest BCUT2D eigenvalue weighted by atomic mass is 10.0. The van der Waals surface area contributed by atoms with Crippen LogP contribution >= 0.6 is 0 Å². The first-order valence-corrected chi connectivity index (χ1v) is 13.7. The van der Waals surface area contributed by atoms with Crippen LogP contribution in [0.2, 0.25) is 0 Å². The highest BCUT2D eigenvalue weighted by molar-refractivity contribution is 6.28. The van der Waals surface area contributed by atoms with Crippen molar-refractivity contribution < 1.29 is 19.2 Å². The van der Waals surface area contributed by atoms with E-state index >= 15 is 0 Å². The average Bonchev–Trinajstić information content (AvgIpc) is 3.40. The van der Waals surface area contributed by atoms with Crippen LogP contribution in [0.4, 0.5) is 17.1 Å². The van der Waals surface area contributed by atoms with Crippen molar-refractivity contribution in [2.75, 3.05) is 23.3 Å². The van der Waals surface area contributed by atoms with Crippen LogP contribution in [0.15, 0.2) is 42.7 Å². The van der Waals surface area contributed by atoms with Gasteiger partial charge in [0.1, 0.15) is 6.04 Å². The van der Waals surface area contributed by atoms with Crippen molar-refractivity contribution in [1.29, 1.82) is 0 Å². The largest absolute Gasteiger partial charge is 0.352 e. The topological polar surface area (TPSA) is 117 Å². The van der Waals surface area contributed by atoms with Gasteiger partial charge < -0.3 is 10.2 Å². The number of aromatic nitrogens is 2. The first-order valence-electron chi connectivity index (χ1n) is 13.7. The molecule has 1 aromatic heterocycles. The summed E-state index contributed by atoms with van der Waals surface area (Å²) >= 11 is 0. The quantitative estimate of drug-likeness (QED) is 0.492. The molecule has 2 N–H and O–H groups in total. The van der Waals surface area contributed by atoms with E-state index in [0.29, 0.717) is 23.6 Å². The van der Waals surface area contributed by atoms with Gasteiger partial charge in [-0.2, -0.15) is 5.10 Å². The summed E-state index contributed by atoms with van der Waals surface area (Å²) < 4.78 is 1.98. The minimum Gasteiger partial charge on any atom is -0.352 e. The molecular weight excluding hydrogens is 496 g/mol. The maximum Gasteiger partial charge on any atom is 0.259 e. The molecule has 2 aromatic carbocycles. The number of carbonyl (C=O) groups is 4. The van der Waals surface area contributed by atoms with E-state index in [1.54, 1.807) is 12.3 Å². The zero-order valence-electron chi connectivity index (χ0n) is 21.8. The number of imide groups is 1. The Bertz CT molecular complexity index is 1550. The first-order chi connectivity index (χ1) is 18.8. The van der Waals surface area contributed by atoms with Crippen LogP contribution in [0, 0.1) is 5.41 Å². The van der Waals surface area contributed by atoms with Gasteiger partial charge in [0.2, 0.25) is 17.7 Å². The Morgan fingerprint density at radius 2 is 1.87 bits per heavy atom. The molecule has 200 valence electrons. The zero-order chi connectivity index (χ0) is 26.9. The highest BCUT2D eigenvalue weighted by Gasteiger charge is 2.47. The van der Waals surface area contributed by atoms with Crippen molar-refractivity contribution >= 4 is 51.5 Å². The lowest BCUT2D eigenvalue weighted by molar-refractivity contribution is -0.138. The molecule has 0 bridgehead atoms. The standard InChI is InChI=1S/C29H30N6O4/c1-29(11-12-29)28(39)33-13-9-18(10-14-33)34-16-17(15-30-34)31-21-5-6-22-25-19(21)3-2-4-20(25)27(38)35(22)23-7-8-24(36)32-26(23)37/h2-6,15-16,18,23,31H,7-14H2,1H3,(H,32,36,37). The van der Waals surface area contributed by atoms with Crippen molar-refractivity contribution in [2.24, 2.45) is 5.41 Å². The van der Waals surface area contributed by atoms with Crippen LogP contribution < -0.4 is 15.5 Å². The number of piperidine rings is 2. The molecule has 3 aromatic rings. The van der Waals surface area contributed by atoms with Gasteiger partial charge in [0.25, 0.3) is 5.91 Å². The Labute approximate surface area is 225 Å². The van der Waals surface area contributed by atoms with Crippen molar-refractivity contribution in [3.05, 3.63) is 48.3 Å². The third kappa shape index (κ3) is 3.88. The monoisotopic (exact) mass is 526 g/mol. The summed E-state index contributed by atoms with van der Waals surface area (Å²) in [6.45, 7) is 3.58. The Kier molecular flexibility index (Phi) is 5.30. The fourth-order valence-corrected chi connectivity index (χ4v) is 6.23. The Morgan fingerprint density at radius 1 is 1.08 bits per heavy atom. The smallest absolute Gasteiger partial charge is 0.259 e. The van der Waals surface area contributed by atoms with Gasteiger partial charge in [-0.3, -0.25) is 34.1 Å². The number of rotatable bonds is 5. The van der Waals surface area contributed by atoms with Crippen LogP contribution in [0.3, 0.4) is 0 Å². The second kappa shape index (κ2) is 8.65. The molecule has 4 amide bonds. The van der Waals surface area contributed by atoms with E-state index in [9.17, 15) is 19.2 Å². The van der Waals surface area contributed by atoms with Crippen LogP contribution in [-0.4, -0.2) is 57.4 Å². The summed E-state index contributed by atoms with van der Waals surface area (Å²) in [4.78, 5) is 53.8. The number of carbonyl (C=O) groups excluding carboxylic acids is 4. The number of amides is 4. The fraction of sp³-hybridized carbons (Fsp3) is 0.414. The van der Waals surface area contributed by atoms with E-state index in [1.807, 2.05) is 40.0 Å². The minimum absolute atomic E-state index is 0.126.